The number of rotatable bonds is 4. The number of alkyl halides is 3. The van der Waals surface area contributed by atoms with E-state index in [1.165, 1.54) is 6.92 Å². The molecule has 3 unspecified atom stereocenters. The Morgan fingerprint density at radius 1 is 1.12 bits per heavy atom. The molecule has 0 radical (unpaired) electrons. The number of hydrogen-bond donors (Lipinski definition) is 1. The number of carbonyl (C=O) groups excluding carboxylic acids is 5. The lowest BCUT2D eigenvalue weighted by Gasteiger charge is -2.31. The average Bonchev–Trinajstić information content (AvgIpc) is 3.02. The Bertz CT molecular complexity index is 1090. The van der Waals surface area contributed by atoms with Crippen LogP contribution in [-0.2, 0) is 34.9 Å². The van der Waals surface area contributed by atoms with E-state index in [0.717, 1.165) is 21.9 Å². The highest BCUT2D eigenvalue weighted by atomic mass is 19.4. The largest absolute Gasteiger partial charge is 0.451 e. The molecule has 2 aliphatic heterocycles. The van der Waals surface area contributed by atoms with Crippen LogP contribution in [0.1, 0.15) is 25.3 Å². The Kier molecular flexibility index (Phi) is 5.92. The maximum absolute atomic E-state index is 13.0. The topological polar surface area (TPSA) is 113 Å². The van der Waals surface area contributed by atoms with Crippen molar-refractivity contribution in [3.63, 3.8) is 0 Å². The summed E-state index contributed by atoms with van der Waals surface area (Å²) in [6.45, 7) is 0.0840. The predicted octanol–water partition coefficient (Wildman–Crippen LogP) is 1.87. The normalized spacial score (nSPS) is 22.8. The minimum absolute atomic E-state index is 0.0157. The third kappa shape index (κ3) is 4.27. The summed E-state index contributed by atoms with van der Waals surface area (Å²) in [6, 6.07) is 2.52. The van der Waals surface area contributed by atoms with Gasteiger partial charge in [0.2, 0.25) is 17.7 Å². The van der Waals surface area contributed by atoms with Crippen LogP contribution in [0.3, 0.4) is 0 Å². The molecule has 1 saturated heterocycles. The Balaban J connectivity index is 1.44. The summed E-state index contributed by atoms with van der Waals surface area (Å²) >= 11 is 0. The van der Waals surface area contributed by atoms with Crippen molar-refractivity contribution in [3.8, 4) is 0 Å². The summed E-state index contributed by atoms with van der Waals surface area (Å²) < 4.78 is 44.1. The van der Waals surface area contributed by atoms with Gasteiger partial charge in [0.25, 0.3) is 5.91 Å². The van der Waals surface area contributed by atoms with Crippen LogP contribution >= 0.6 is 0 Å². The molecule has 3 atom stereocenters. The van der Waals surface area contributed by atoms with Crippen molar-refractivity contribution in [2.45, 2.75) is 32.0 Å². The molecule has 4 amide bonds. The zero-order valence-corrected chi connectivity index (χ0v) is 17.9. The fraction of sp³-hybridized carbons (Fsp3) is 0.409. The zero-order chi connectivity index (χ0) is 24.8. The highest BCUT2D eigenvalue weighted by Gasteiger charge is 2.48. The first-order chi connectivity index (χ1) is 16.0. The molecular formula is C22H20F3N3O6. The van der Waals surface area contributed by atoms with Gasteiger partial charge in [-0.3, -0.25) is 33.8 Å². The summed E-state index contributed by atoms with van der Waals surface area (Å²) in [5.41, 5.74) is -1.19. The van der Waals surface area contributed by atoms with Gasteiger partial charge in [-0.2, -0.15) is 13.2 Å². The van der Waals surface area contributed by atoms with Crippen LogP contribution in [0.2, 0.25) is 0 Å². The number of imide groups is 1. The molecule has 0 spiro atoms. The van der Waals surface area contributed by atoms with Crippen LogP contribution in [0.5, 0.6) is 0 Å². The van der Waals surface area contributed by atoms with Crippen molar-refractivity contribution >= 4 is 41.0 Å². The second kappa shape index (κ2) is 8.58. The lowest BCUT2D eigenvalue weighted by molar-refractivity contribution is -0.159. The number of nitrogens with one attached hydrogen (secondary N) is 1. The van der Waals surface area contributed by atoms with E-state index in [9.17, 15) is 37.1 Å². The standard InChI is InChI=1S/C22H20F3N3O6/c1-11(34-18(30)10-28-20(32)13-4-2-3-5-14(13)21(28)33)19(31)27-9-17(29)26-15-8-12(22(23,24)25)6-7-16(15)27/h2-3,6-8,11,13-14H,4-5,9-10H2,1H3,(H,26,29). The van der Waals surface area contributed by atoms with Crippen LogP contribution in [-0.4, -0.2) is 53.7 Å². The van der Waals surface area contributed by atoms with E-state index in [4.69, 9.17) is 4.74 Å². The summed E-state index contributed by atoms with van der Waals surface area (Å²) in [5.74, 6) is -4.55. The fourth-order valence-electron chi connectivity index (χ4n) is 4.32. The summed E-state index contributed by atoms with van der Waals surface area (Å²) in [7, 11) is 0. The third-order valence-electron chi connectivity index (χ3n) is 6.00. The van der Waals surface area contributed by atoms with Crippen LogP contribution < -0.4 is 10.2 Å². The maximum atomic E-state index is 13.0. The number of halogens is 3. The Labute approximate surface area is 191 Å². The molecule has 180 valence electrons. The Hall–Kier alpha value is -3.70. The first-order valence-electron chi connectivity index (χ1n) is 10.5. The number of ether oxygens (including phenoxy) is 1. The number of esters is 1. The minimum Gasteiger partial charge on any atom is -0.451 e. The molecule has 4 rings (SSSR count). The zero-order valence-electron chi connectivity index (χ0n) is 17.9. The monoisotopic (exact) mass is 479 g/mol. The van der Waals surface area contributed by atoms with E-state index in [1.54, 1.807) is 12.2 Å². The molecule has 9 nitrogen and oxygen atoms in total. The number of allylic oxidation sites excluding steroid dienone is 2. The highest BCUT2D eigenvalue weighted by Crippen LogP contribution is 2.37. The smallest absolute Gasteiger partial charge is 0.416 e. The summed E-state index contributed by atoms with van der Waals surface area (Å²) in [4.78, 5) is 64.0. The van der Waals surface area contributed by atoms with E-state index in [-0.39, 0.29) is 11.4 Å². The molecule has 0 saturated carbocycles. The molecule has 1 aliphatic carbocycles. The molecule has 1 aromatic carbocycles. The number of hydrogen-bond acceptors (Lipinski definition) is 6. The van der Waals surface area contributed by atoms with Gasteiger partial charge >= 0.3 is 12.1 Å². The molecule has 1 aromatic rings. The van der Waals surface area contributed by atoms with Crippen LogP contribution in [0.25, 0.3) is 0 Å². The third-order valence-corrected chi connectivity index (χ3v) is 6.00. The molecule has 1 N–H and O–H groups in total. The highest BCUT2D eigenvalue weighted by molar-refractivity contribution is 6.11. The van der Waals surface area contributed by atoms with Crippen LogP contribution in [0.15, 0.2) is 30.4 Å². The number of fused-ring (bicyclic) bond motifs is 2. The number of amides is 4. The number of benzene rings is 1. The van der Waals surface area contributed by atoms with Crippen molar-refractivity contribution in [3.05, 3.63) is 35.9 Å². The van der Waals surface area contributed by atoms with Gasteiger partial charge in [0.1, 0.15) is 13.1 Å². The first kappa shape index (κ1) is 23.5. The van der Waals surface area contributed by atoms with Crippen LogP contribution in [0.4, 0.5) is 24.5 Å². The lowest BCUT2D eigenvalue weighted by Crippen LogP contribution is -2.47. The van der Waals surface area contributed by atoms with Crippen molar-refractivity contribution in [1.82, 2.24) is 4.90 Å². The van der Waals surface area contributed by atoms with E-state index in [1.807, 2.05) is 0 Å². The Morgan fingerprint density at radius 2 is 1.74 bits per heavy atom. The van der Waals surface area contributed by atoms with Crippen LogP contribution in [0, 0.1) is 11.8 Å². The minimum atomic E-state index is -4.65. The molecule has 3 aliphatic rings. The van der Waals surface area contributed by atoms with Gasteiger partial charge in [-0.05, 0) is 38.0 Å². The number of anilines is 2. The quantitative estimate of drug-likeness (QED) is 0.401. The van der Waals surface area contributed by atoms with Gasteiger partial charge in [0, 0.05) is 0 Å². The van der Waals surface area contributed by atoms with E-state index in [2.05, 4.69) is 5.32 Å². The number of carbonyl (C=O) groups is 5. The van der Waals surface area contributed by atoms with Crippen molar-refractivity contribution in [2.24, 2.45) is 11.8 Å². The van der Waals surface area contributed by atoms with E-state index in [0.29, 0.717) is 18.9 Å². The number of nitrogens with zero attached hydrogens (tertiary/aromatic N) is 2. The predicted molar refractivity (Wildman–Crippen MR) is 110 cm³/mol. The van der Waals surface area contributed by atoms with Gasteiger partial charge < -0.3 is 10.1 Å². The van der Waals surface area contributed by atoms with Gasteiger partial charge in [-0.25, -0.2) is 0 Å². The molecule has 0 aromatic heterocycles. The second-order valence-corrected chi connectivity index (χ2v) is 8.25. The van der Waals surface area contributed by atoms with Crippen molar-refractivity contribution in [2.75, 3.05) is 23.3 Å². The number of likely N-dealkylation sites (tertiary alicyclic amines) is 1. The second-order valence-electron chi connectivity index (χ2n) is 8.25. The van der Waals surface area contributed by atoms with Gasteiger partial charge in [-0.15, -0.1) is 0 Å². The summed E-state index contributed by atoms with van der Waals surface area (Å²) in [6.07, 6.45) is -1.65. The lowest BCUT2D eigenvalue weighted by atomic mass is 9.85. The molecular weight excluding hydrogens is 459 g/mol. The first-order valence-corrected chi connectivity index (χ1v) is 10.5. The van der Waals surface area contributed by atoms with E-state index < -0.39 is 72.4 Å². The van der Waals surface area contributed by atoms with Gasteiger partial charge in [0.05, 0.1) is 28.8 Å². The van der Waals surface area contributed by atoms with Crippen molar-refractivity contribution in [1.29, 1.82) is 0 Å². The Morgan fingerprint density at radius 3 is 2.32 bits per heavy atom. The molecule has 34 heavy (non-hydrogen) atoms. The van der Waals surface area contributed by atoms with Crippen molar-refractivity contribution < 1.29 is 41.9 Å². The van der Waals surface area contributed by atoms with Gasteiger partial charge in [0.15, 0.2) is 6.10 Å². The molecule has 2 heterocycles. The fourth-order valence-corrected chi connectivity index (χ4v) is 4.32. The maximum Gasteiger partial charge on any atom is 0.416 e. The SMILES string of the molecule is CC(OC(=O)CN1C(=O)C2CC=CCC2C1=O)C(=O)N1CC(=O)Nc2cc(C(F)(F)F)ccc21. The van der Waals surface area contributed by atoms with Gasteiger partial charge in [-0.1, -0.05) is 12.2 Å². The van der Waals surface area contributed by atoms with E-state index >= 15 is 0 Å². The summed E-state index contributed by atoms with van der Waals surface area (Å²) in [5, 5.41) is 2.29. The average molecular weight is 479 g/mol. The molecule has 0 bridgehead atoms. The molecule has 12 heteroatoms. The molecule has 1 fully saturated rings.